The van der Waals surface area contributed by atoms with E-state index >= 15 is 0 Å². The molecule has 1 amide bonds. The van der Waals surface area contributed by atoms with E-state index in [0.717, 1.165) is 0 Å². The normalized spacial score (nSPS) is 10.9. The van der Waals surface area contributed by atoms with Crippen molar-refractivity contribution in [2.24, 2.45) is 27.2 Å². The number of carbonyl (C=O) groups is 1. The third kappa shape index (κ3) is 8.50. The van der Waals surface area contributed by atoms with Crippen molar-refractivity contribution in [3.05, 3.63) is 0 Å². The van der Waals surface area contributed by atoms with Crippen LogP contribution in [0.1, 0.15) is 0 Å². The lowest BCUT2D eigenvalue weighted by atomic mass is 10.5. The van der Waals surface area contributed by atoms with Crippen molar-refractivity contribution >= 4 is 17.8 Å². The van der Waals surface area contributed by atoms with Crippen LogP contribution in [0, 0.1) is 0 Å². The Balaban J connectivity index is 3.83. The quantitative estimate of drug-likeness (QED) is 0.225. The number of nitrogens with one attached hydrogen (secondary N) is 1. The van der Waals surface area contributed by atoms with Crippen LogP contribution in [0.2, 0.25) is 0 Å². The fourth-order valence-corrected chi connectivity index (χ4v) is 0.669. The van der Waals surface area contributed by atoms with Gasteiger partial charge in [0.25, 0.3) is 0 Å². The third-order valence-corrected chi connectivity index (χ3v) is 1.26. The summed E-state index contributed by atoms with van der Waals surface area (Å²) in [5.41, 5.74) is 15.4. The van der Waals surface area contributed by atoms with Gasteiger partial charge in [0.15, 0.2) is 5.96 Å². The van der Waals surface area contributed by atoms with E-state index in [1.54, 1.807) is 7.11 Å². The smallest absolute Gasteiger partial charge is 0.241 e. The minimum Gasteiger partial charge on any atom is -0.383 e. The van der Waals surface area contributed by atoms with Crippen molar-refractivity contribution < 1.29 is 9.53 Å². The topological polar surface area (TPSA) is 141 Å². The molecule has 0 saturated carbocycles. The lowest BCUT2D eigenvalue weighted by Crippen LogP contribution is -2.30. The maximum Gasteiger partial charge on any atom is 0.241 e. The molecule has 8 nitrogen and oxygen atoms in total. The van der Waals surface area contributed by atoms with Crippen molar-refractivity contribution in [3.63, 3.8) is 0 Å². The number of methoxy groups -OCH3 is 1. The zero-order valence-electron chi connectivity index (χ0n) is 8.56. The zero-order valence-corrected chi connectivity index (χ0v) is 8.56. The van der Waals surface area contributed by atoms with Gasteiger partial charge in [0.2, 0.25) is 11.9 Å². The van der Waals surface area contributed by atoms with Gasteiger partial charge >= 0.3 is 0 Å². The first-order valence-electron chi connectivity index (χ1n) is 4.21. The van der Waals surface area contributed by atoms with Gasteiger partial charge in [0.05, 0.1) is 6.61 Å². The van der Waals surface area contributed by atoms with E-state index in [0.29, 0.717) is 13.2 Å². The van der Waals surface area contributed by atoms with Gasteiger partial charge in [-0.15, -0.1) is 0 Å². The second-order valence-electron chi connectivity index (χ2n) is 2.55. The van der Waals surface area contributed by atoms with Gasteiger partial charge in [0.1, 0.15) is 6.54 Å². The van der Waals surface area contributed by atoms with Crippen LogP contribution in [-0.2, 0) is 9.53 Å². The Labute approximate surface area is 87.6 Å². The SMILES string of the molecule is COCCNC(=O)CN=C(N)N=C(N)N. The van der Waals surface area contributed by atoms with Crippen molar-refractivity contribution in [1.82, 2.24) is 5.32 Å². The second-order valence-corrected chi connectivity index (χ2v) is 2.55. The number of guanidine groups is 2. The summed E-state index contributed by atoms with van der Waals surface area (Å²) in [5, 5.41) is 2.55. The van der Waals surface area contributed by atoms with Crippen LogP contribution < -0.4 is 22.5 Å². The fraction of sp³-hybridized carbons (Fsp3) is 0.571. The summed E-state index contributed by atoms with van der Waals surface area (Å²) in [4.78, 5) is 18.1. The standard InChI is InChI=1S/C7H16N6O2/c1-15-3-2-11-5(14)4-12-7(10)13-6(8)9/h2-4H2,1H3,(H,11,14)(H6,8,9,10,12,13). The van der Waals surface area contributed by atoms with E-state index in [1.165, 1.54) is 0 Å². The van der Waals surface area contributed by atoms with Gasteiger partial charge in [0, 0.05) is 13.7 Å². The monoisotopic (exact) mass is 216 g/mol. The number of hydrogen-bond acceptors (Lipinski definition) is 3. The Morgan fingerprint density at radius 1 is 1.40 bits per heavy atom. The zero-order chi connectivity index (χ0) is 11.7. The maximum atomic E-state index is 11.1. The molecule has 0 aliphatic heterocycles. The van der Waals surface area contributed by atoms with Crippen molar-refractivity contribution in [1.29, 1.82) is 0 Å². The van der Waals surface area contributed by atoms with E-state index in [2.05, 4.69) is 15.3 Å². The van der Waals surface area contributed by atoms with Crippen LogP contribution in [0.4, 0.5) is 0 Å². The first kappa shape index (κ1) is 13.2. The maximum absolute atomic E-state index is 11.1. The molecule has 0 heterocycles. The molecule has 0 fully saturated rings. The molecule has 0 rings (SSSR count). The largest absolute Gasteiger partial charge is 0.383 e. The molecule has 0 aromatic heterocycles. The highest BCUT2D eigenvalue weighted by Crippen LogP contribution is 1.75. The summed E-state index contributed by atoms with van der Waals surface area (Å²) >= 11 is 0. The number of nitrogens with zero attached hydrogens (tertiary/aromatic N) is 2. The summed E-state index contributed by atoms with van der Waals surface area (Å²) in [6, 6.07) is 0. The van der Waals surface area contributed by atoms with Crippen LogP contribution in [0.25, 0.3) is 0 Å². The average Bonchev–Trinajstić information content (AvgIpc) is 2.14. The molecule has 0 aromatic rings. The highest BCUT2D eigenvalue weighted by Gasteiger charge is 1.98. The first-order valence-corrected chi connectivity index (χ1v) is 4.21. The highest BCUT2D eigenvalue weighted by atomic mass is 16.5. The molecule has 0 atom stereocenters. The predicted molar refractivity (Wildman–Crippen MR) is 57.2 cm³/mol. The molecule has 0 aliphatic rings. The van der Waals surface area contributed by atoms with Gasteiger partial charge in [-0.25, -0.2) is 4.99 Å². The van der Waals surface area contributed by atoms with Crippen molar-refractivity contribution in [3.8, 4) is 0 Å². The lowest BCUT2D eigenvalue weighted by molar-refractivity contribution is -0.119. The van der Waals surface area contributed by atoms with Crippen molar-refractivity contribution in [2.75, 3.05) is 26.8 Å². The Morgan fingerprint density at radius 2 is 2.07 bits per heavy atom. The van der Waals surface area contributed by atoms with Gasteiger partial charge in [-0.2, -0.15) is 4.99 Å². The number of nitrogens with two attached hydrogens (primary N) is 3. The molecule has 0 bridgehead atoms. The Kier molecular flexibility index (Phi) is 6.64. The Morgan fingerprint density at radius 3 is 2.60 bits per heavy atom. The molecule has 0 unspecified atom stereocenters. The van der Waals surface area contributed by atoms with Gasteiger partial charge in [-0.05, 0) is 0 Å². The highest BCUT2D eigenvalue weighted by molar-refractivity contribution is 5.93. The van der Waals surface area contributed by atoms with Gasteiger partial charge < -0.3 is 27.3 Å². The molecule has 15 heavy (non-hydrogen) atoms. The van der Waals surface area contributed by atoms with Gasteiger partial charge in [-0.1, -0.05) is 0 Å². The molecule has 0 spiro atoms. The Bertz CT molecular complexity index is 258. The van der Waals surface area contributed by atoms with Crippen LogP contribution in [0.15, 0.2) is 9.98 Å². The molecule has 86 valence electrons. The molecule has 0 saturated heterocycles. The summed E-state index contributed by atoms with van der Waals surface area (Å²) in [7, 11) is 1.54. The van der Waals surface area contributed by atoms with E-state index in [-0.39, 0.29) is 24.4 Å². The molecule has 0 aromatic carbocycles. The third-order valence-electron chi connectivity index (χ3n) is 1.26. The van der Waals surface area contributed by atoms with E-state index in [4.69, 9.17) is 21.9 Å². The van der Waals surface area contributed by atoms with Crippen LogP contribution in [0.5, 0.6) is 0 Å². The number of amides is 1. The molecule has 0 radical (unpaired) electrons. The number of rotatable bonds is 5. The molecule has 8 heteroatoms. The first-order chi connectivity index (χ1) is 7.06. The van der Waals surface area contributed by atoms with E-state index < -0.39 is 0 Å². The second kappa shape index (κ2) is 7.56. The van der Waals surface area contributed by atoms with Crippen LogP contribution >= 0.6 is 0 Å². The predicted octanol–water partition coefficient (Wildman–Crippen LogP) is -2.66. The fourth-order valence-electron chi connectivity index (χ4n) is 0.669. The summed E-state index contributed by atoms with van der Waals surface area (Å²) < 4.78 is 4.74. The number of aliphatic imine (C=N–C) groups is 2. The summed E-state index contributed by atoms with van der Waals surface area (Å²) in [6.45, 7) is 0.748. The Hall–Kier alpha value is -1.83. The summed E-state index contributed by atoms with van der Waals surface area (Å²) in [5.74, 6) is -0.603. The number of ether oxygens (including phenoxy) is 1. The number of hydrogen-bond donors (Lipinski definition) is 4. The molecule has 7 N–H and O–H groups in total. The van der Waals surface area contributed by atoms with Crippen LogP contribution in [0.3, 0.4) is 0 Å². The minimum absolute atomic E-state index is 0.119. The molecule has 0 aliphatic carbocycles. The van der Waals surface area contributed by atoms with E-state index in [1.807, 2.05) is 0 Å². The number of carbonyl (C=O) groups excluding carboxylic acids is 1. The lowest BCUT2D eigenvalue weighted by Gasteiger charge is -2.01. The van der Waals surface area contributed by atoms with E-state index in [9.17, 15) is 4.79 Å². The average molecular weight is 216 g/mol. The summed E-state index contributed by atoms with van der Waals surface area (Å²) in [6.07, 6.45) is 0. The molecular formula is C7H16N6O2. The molecular weight excluding hydrogens is 200 g/mol. The van der Waals surface area contributed by atoms with Crippen molar-refractivity contribution in [2.45, 2.75) is 0 Å². The minimum atomic E-state index is -0.277. The van der Waals surface area contributed by atoms with Crippen LogP contribution in [-0.4, -0.2) is 44.6 Å². The van der Waals surface area contributed by atoms with Gasteiger partial charge in [-0.3, -0.25) is 4.79 Å².